The molecule has 0 aromatic rings. The number of nitrogens with two attached hydrogens (primary N) is 1. The van der Waals surface area contributed by atoms with Crippen molar-refractivity contribution < 1.29 is 23.0 Å². The highest BCUT2D eigenvalue weighted by molar-refractivity contribution is 5.05. The molecule has 3 N–H and O–H groups in total. The zero-order valence-corrected chi connectivity index (χ0v) is 10.3. The van der Waals surface area contributed by atoms with E-state index < -0.39 is 23.1 Å². The molecule has 18 heavy (non-hydrogen) atoms. The van der Waals surface area contributed by atoms with Gasteiger partial charge in [0.15, 0.2) is 0 Å². The first-order chi connectivity index (χ1) is 8.33. The van der Waals surface area contributed by atoms with E-state index in [1.54, 1.807) is 0 Å². The Morgan fingerprint density at radius 1 is 1.33 bits per heavy atom. The molecule has 1 heterocycles. The van der Waals surface area contributed by atoms with E-state index in [1.165, 1.54) is 0 Å². The van der Waals surface area contributed by atoms with Crippen LogP contribution in [0.4, 0.5) is 13.2 Å². The summed E-state index contributed by atoms with van der Waals surface area (Å²) < 4.78 is 43.7. The van der Waals surface area contributed by atoms with Crippen molar-refractivity contribution in [3.63, 3.8) is 0 Å². The topological polar surface area (TPSA) is 55.5 Å². The van der Waals surface area contributed by atoms with Crippen LogP contribution < -0.4 is 5.73 Å². The highest BCUT2D eigenvalue weighted by atomic mass is 19.4. The Hall–Kier alpha value is -0.330. The van der Waals surface area contributed by atoms with E-state index in [0.717, 1.165) is 0 Å². The molecular weight excluding hydrogens is 247 g/mol. The van der Waals surface area contributed by atoms with E-state index in [2.05, 4.69) is 0 Å². The summed E-state index contributed by atoms with van der Waals surface area (Å²) in [6, 6.07) is 0. The third-order valence-corrected chi connectivity index (χ3v) is 4.67. The molecule has 3 unspecified atom stereocenters. The lowest BCUT2D eigenvalue weighted by Gasteiger charge is -2.48. The number of aliphatic hydroxyl groups is 1. The van der Waals surface area contributed by atoms with Crippen LogP contribution >= 0.6 is 0 Å². The molecule has 0 radical (unpaired) electrons. The molecule has 6 heteroatoms. The number of alkyl halides is 3. The summed E-state index contributed by atoms with van der Waals surface area (Å²) in [4.78, 5) is 0. The van der Waals surface area contributed by atoms with E-state index in [9.17, 15) is 18.3 Å². The van der Waals surface area contributed by atoms with E-state index in [1.807, 2.05) is 0 Å². The Bertz CT molecular complexity index is 302. The second-order valence-corrected chi connectivity index (χ2v) is 5.65. The van der Waals surface area contributed by atoms with Crippen molar-refractivity contribution in [2.75, 3.05) is 19.8 Å². The number of ether oxygens (including phenoxy) is 1. The number of hydrogen-bond donors (Lipinski definition) is 2. The fourth-order valence-electron chi connectivity index (χ4n) is 3.34. The van der Waals surface area contributed by atoms with Gasteiger partial charge in [-0.2, -0.15) is 13.2 Å². The zero-order chi connectivity index (χ0) is 13.4. The van der Waals surface area contributed by atoms with Gasteiger partial charge in [-0.25, -0.2) is 0 Å². The molecule has 1 saturated heterocycles. The normalized spacial score (nSPS) is 42.2. The van der Waals surface area contributed by atoms with Crippen LogP contribution in [0.5, 0.6) is 0 Å². The maximum Gasteiger partial charge on any atom is 0.391 e. The van der Waals surface area contributed by atoms with Crippen LogP contribution in [0.25, 0.3) is 0 Å². The van der Waals surface area contributed by atoms with Gasteiger partial charge >= 0.3 is 6.18 Å². The van der Waals surface area contributed by atoms with Crippen LogP contribution in [-0.4, -0.2) is 36.6 Å². The van der Waals surface area contributed by atoms with Gasteiger partial charge in [0.05, 0.1) is 18.1 Å². The molecule has 106 valence electrons. The minimum atomic E-state index is -4.23. The largest absolute Gasteiger partial charge is 0.391 e. The number of hydrogen-bond acceptors (Lipinski definition) is 3. The predicted molar refractivity (Wildman–Crippen MR) is 59.9 cm³/mol. The molecule has 2 fully saturated rings. The summed E-state index contributed by atoms with van der Waals surface area (Å²) in [6.07, 6.45) is -3.04. The standard InChI is InChI=1S/C12H20F3NO2/c13-12(14,15)9-2-1-3-11(17,6-9)10(7-16)4-5-18-8-10/h9,17H,1-8,16H2. The van der Waals surface area contributed by atoms with Gasteiger partial charge in [0.2, 0.25) is 0 Å². The Morgan fingerprint density at radius 3 is 2.56 bits per heavy atom. The monoisotopic (exact) mass is 267 g/mol. The molecule has 0 aromatic heterocycles. The lowest BCUT2D eigenvalue weighted by molar-refractivity contribution is -0.216. The lowest BCUT2D eigenvalue weighted by Crippen LogP contribution is -2.56. The van der Waals surface area contributed by atoms with Crippen molar-refractivity contribution in [2.24, 2.45) is 17.1 Å². The third-order valence-electron chi connectivity index (χ3n) is 4.67. The highest BCUT2D eigenvalue weighted by Crippen LogP contribution is 2.51. The SMILES string of the molecule is NCC1(C2(O)CCCC(C(F)(F)F)C2)CCOC1. The first-order valence-corrected chi connectivity index (χ1v) is 6.40. The molecule has 1 saturated carbocycles. The number of rotatable bonds is 2. The maximum atomic E-state index is 12.8. The van der Waals surface area contributed by atoms with Crippen LogP contribution in [0.15, 0.2) is 0 Å². The van der Waals surface area contributed by atoms with Crippen LogP contribution in [-0.2, 0) is 4.74 Å². The fraction of sp³-hybridized carbons (Fsp3) is 1.00. The summed E-state index contributed by atoms with van der Waals surface area (Å²) >= 11 is 0. The Labute approximate surface area is 104 Å². The van der Waals surface area contributed by atoms with Gasteiger partial charge in [-0.3, -0.25) is 0 Å². The smallest absolute Gasteiger partial charge is 0.389 e. The van der Waals surface area contributed by atoms with Gasteiger partial charge in [0, 0.05) is 18.6 Å². The number of halogens is 3. The molecule has 3 nitrogen and oxygen atoms in total. The quantitative estimate of drug-likeness (QED) is 0.802. The van der Waals surface area contributed by atoms with Crippen molar-refractivity contribution in [3.05, 3.63) is 0 Å². The molecule has 0 bridgehead atoms. The Balaban J connectivity index is 2.19. The molecule has 0 spiro atoms. The van der Waals surface area contributed by atoms with Gasteiger partial charge in [-0.05, 0) is 32.1 Å². The van der Waals surface area contributed by atoms with Gasteiger partial charge in [-0.1, -0.05) is 0 Å². The maximum absolute atomic E-state index is 12.8. The van der Waals surface area contributed by atoms with Gasteiger partial charge in [-0.15, -0.1) is 0 Å². The average Bonchev–Trinajstić information content (AvgIpc) is 2.78. The summed E-state index contributed by atoms with van der Waals surface area (Å²) in [7, 11) is 0. The van der Waals surface area contributed by atoms with E-state index in [0.29, 0.717) is 25.9 Å². The third kappa shape index (κ3) is 2.26. The summed E-state index contributed by atoms with van der Waals surface area (Å²) in [6.45, 7) is 0.912. The molecule has 0 aromatic carbocycles. The van der Waals surface area contributed by atoms with E-state index in [4.69, 9.17) is 10.5 Å². The minimum Gasteiger partial charge on any atom is -0.389 e. The average molecular weight is 267 g/mol. The van der Waals surface area contributed by atoms with Crippen molar-refractivity contribution in [3.8, 4) is 0 Å². The van der Waals surface area contributed by atoms with Crippen LogP contribution in [0.1, 0.15) is 32.1 Å². The molecular formula is C12H20F3NO2. The van der Waals surface area contributed by atoms with Crippen LogP contribution in [0.2, 0.25) is 0 Å². The molecule has 1 aliphatic heterocycles. The Morgan fingerprint density at radius 2 is 2.06 bits per heavy atom. The lowest BCUT2D eigenvalue weighted by atomic mass is 9.62. The van der Waals surface area contributed by atoms with Crippen molar-refractivity contribution in [2.45, 2.75) is 43.9 Å². The zero-order valence-electron chi connectivity index (χ0n) is 10.3. The molecule has 2 rings (SSSR count). The summed E-state index contributed by atoms with van der Waals surface area (Å²) in [5.74, 6) is -1.42. The Kier molecular flexibility index (Phi) is 3.64. The predicted octanol–water partition coefficient (Wildman–Crippen LogP) is 1.84. The van der Waals surface area contributed by atoms with Crippen LogP contribution in [0, 0.1) is 11.3 Å². The minimum absolute atomic E-state index is 0.104. The van der Waals surface area contributed by atoms with Crippen molar-refractivity contribution in [1.82, 2.24) is 0 Å². The van der Waals surface area contributed by atoms with Gasteiger partial charge in [0.25, 0.3) is 0 Å². The highest BCUT2D eigenvalue weighted by Gasteiger charge is 2.57. The summed E-state index contributed by atoms with van der Waals surface area (Å²) in [5, 5.41) is 10.7. The van der Waals surface area contributed by atoms with Gasteiger partial charge < -0.3 is 15.6 Å². The van der Waals surface area contributed by atoms with Crippen LogP contribution in [0.3, 0.4) is 0 Å². The first kappa shape index (κ1) is 14.1. The van der Waals surface area contributed by atoms with Crippen molar-refractivity contribution >= 4 is 0 Å². The second kappa shape index (κ2) is 4.65. The van der Waals surface area contributed by atoms with Gasteiger partial charge in [0.1, 0.15) is 0 Å². The molecule has 1 aliphatic carbocycles. The molecule has 2 aliphatic rings. The first-order valence-electron chi connectivity index (χ1n) is 6.40. The summed E-state index contributed by atoms with van der Waals surface area (Å²) in [5.41, 5.74) is 3.68. The van der Waals surface area contributed by atoms with Crippen molar-refractivity contribution in [1.29, 1.82) is 0 Å². The second-order valence-electron chi connectivity index (χ2n) is 5.65. The van der Waals surface area contributed by atoms with E-state index in [-0.39, 0.29) is 26.0 Å². The molecule has 0 amide bonds. The molecule has 3 atom stereocenters. The van der Waals surface area contributed by atoms with E-state index >= 15 is 0 Å². The fourth-order valence-corrected chi connectivity index (χ4v) is 3.34.